The van der Waals surface area contributed by atoms with Crippen LogP contribution in [0.5, 0.6) is 5.75 Å². The molecule has 1 fully saturated rings. The Balaban J connectivity index is 0.000000364. The van der Waals surface area contributed by atoms with Gasteiger partial charge in [-0.25, -0.2) is 14.3 Å². The Bertz CT molecular complexity index is 1380. The smallest absolute Gasteiger partial charge is 0.490 e. The lowest BCUT2D eigenvalue weighted by molar-refractivity contribution is -0.192. The van der Waals surface area contributed by atoms with Crippen LogP contribution in [0.1, 0.15) is 22.9 Å². The maximum absolute atomic E-state index is 10.6. The van der Waals surface area contributed by atoms with Gasteiger partial charge in [0, 0.05) is 30.1 Å². The van der Waals surface area contributed by atoms with Gasteiger partial charge in [0.25, 0.3) is 0 Å². The summed E-state index contributed by atoms with van der Waals surface area (Å²) in [7, 11) is 0. The molecule has 1 aliphatic heterocycles. The fraction of sp³-hybridized carbons (Fsp3) is 0.261. The van der Waals surface area contributed by atoms with Crippen molar-refractivity contribution in [3.63, 3.8) is 0 Å². The summed E-state index contributed by atoms with van der Waals surface area (Å²) < 4.78 is 33.5. The van der Waals surface area contributed by atoms with Crippen LogP contribution in [0.4, 0.5) is 13.2 Å². The van der Waals surface area contributed by atoms with Gasteiger partial charge in [-0.1, -0.05) is 6.07 Å². The molecule has 4 aromatic rings. The Morgan fingerprint density at radius 3 is 2.34 bits per heavy atom. The van der Waals surface area contributed by atoms with Crippen molar-refractivity contribution in [1.29, 1.82) is 0 Å². The molecule has 182 valence electrons. The second kappa shape index (κ2) is 9.29. The maximum Gasteiger partial charge on any atom is 0.490 e. The number of aryl methyl sites for hydroxylation is 2. The van der Waals surface area contributed by atoms with Crippen LogP contribution in [0.15, 0.2) is 42.6 Å². The predicted molar refractivity (Wildman–Crippen MR) is 120 cm³/mol. The fourth-order valence-corrected chi connectivity index (χ4v) is 3.50. The Hall–Kier alpha value is -4.06. The molecular formula is C23H21F3N6O3. The molecule has 4 heterocycles. The first-order valence-corrected chi connectivity index (χ1v) is 10.5. The number of nitrogens with zero attached hydrogens (tertiary/aromatic N) is 5. The third-order valence-electron chi connectivity index (χ3n) is 5.43. The lowest BCUT2D eigenvalue weighted by Gasteiger charge is -2.25. The molecular weight excluding hydrogens is 465 g/mol. The second-order valence-corrected chi connectivity index (χ2v) is 8.10. The number of phenolic OH excluding ortho intramolecular Hbond substituents is 1. The minimum Gasteiger partial charge on any atom is -0.507 e. The lowest BCUT2D eigenvalue weighted by atomic mass is 9.98. The molecule has 3 N–H and O–H groups in total. The molecule has 0 bridgehead atoms. The highest BCUT2D eigenvalue weighted by Gasteiger charge is 2.38. The third kappa shape index (κ3) is 5.22. The Morgan fingerprint density at radius 1 is 1.09 bits per heavy atom. The molecule has 1 aromatic carbocycles. The van der Waals surface area contributed by atoms with Crippen LogP contribution in [-0.4, -0.2) is 60.2 Å². The highest BCUT2D eigenvalue weighted by Crippen LogP contribution is 2.32. The van der Waals surface area contributed by atoms with Gasteiger partial charge in [0.2, 0.25) is 0 Å². The normalized spacial score (nSPS) is 13.7. The molecule has 0 saturated carbocycles. The lowest BCUT2D eigenvalue weighted by Crippen LogP contribution is -2.40. The minimum absolute atomic E-state index is 0.159. The van der Waals surface area contributed by atoms with E-state index in [0.29, 0.717) is 17.2 Å². The van der Waals surface area contributed by atoms with Crippen LogP contribution < -0.4 is 5.32 Å². The first kappa shape index (κ1) is 24.1. The van der Waals surface area contributed by atoms with Crippen molar-refractivity contribution in [3.8, 4) is 28.3 Å². The third-order valence-corrected chi connectivity index (χ3v) is 5.43. The van der Waals surface area contributed by atoms with E-state index in [-0.39, 0.29) is 5.75 Å². The Morgan fingerprint density at radius 2 is 1.80 bits per heavy atom. The van der Waals surface area contributed by atoms with Crippen LogP contribution in [0.25, 0.3) is 28.2 Å². The van der Waals surface area contributed by atoms with E-state index in [0.717, 1.165) is 46.9 Å². The average Bonchev–Trinajstić information content (AvgIpc) is 3.14. The maximum atomic E-state index is 10.6. The first-order valence-electron chi connectivity index (χ1n) is 10.5. The molecule has 0 aliphatic carbocycles. The van der Waals surface area contributed by atoms with Crippen molar-refractivity contribution in [2.45, 2.75) is 25.9 Å². The van der Waals surface area contributed by atoms with E-state index >= 15 is 0 Å². The van der Waals surface area contributed by atoms with E-state index in [1.165, 1.54) is 0 Å². The van der Waals surface area contributed by atoms with E-state index in [1.54, 1.807) is 10.6 Å². The number of carbonyl (C=O) groups is 1. The van der Waals surface area contributed by atoms with Crippen LogP contribution in [0.2, 0.25) is 0 Å². The van der Waals surface area contributed by atoms with E-state index < -0.39 is 12.1 Å². The van der Waals surface area contributed by atoms with Crippen LogP contribution in [0, 0.1) is 13.8 Å². The standard InChI is InChI=1S/C21H20N6O.C2HF3O2/c1-12-7-19(26-27-11-13(2)23-21(12)27)14-3-4-16(20(28)8-14)18-6-5-17(24-25-18)15-9-22-10-15;3-2(4,5)1(6)7/h3-8,11,15,22,28H,9-10H2,1-2H3;(H,6,7). The van der Waals surface area contributed by atoms with Gasteiger partial charge in [0.05, 0.1) is 29.0 Å². The number of imidazole rings is 1. The summed E-state index contributed by atoms with van der Waals surface area (Å²) in [6.07, 6.45) is -3.19. The molecule has 0 spiro atoms. The van der Waals surface area contributed by atoms with Crippen molar-refractivity contribution in [2.75, 3.05) is 13.1 Å². The van der Waals surface area contributed by atoms with Crippen molar-refractivity contribution in [2.24, 2.45) is 0 Å². The van der Waals surface area contributed by atoms with Crippen molar-refractivity contribution in [3.05, 3.63) is 59.5 Å². The zero-order valence-corrected chi connectivity index (χ0v) is 18.7. The molecule has 3 aromatic heterocycles. The molecule has 1 saturated heterocycles. The number of phenols is 1. The number of benzene rings is 1. The summed E-state index contributed by atoms with van der Waals surface area (Å²) in [6, 6.07) is 11.4. The summed E-state index contributed by atoms with van der Waals surface area (Å²) in [5.74, 6) is -2.16. The number of rotatable bonds is 3. The molecule has 12 heteroatoms. The van der Waals surface area contributed by atoms with Gasteiger partial charge in [-0.3, -0.25) is 0 Å². The average molecular weight is 486 g/mol. The number of halogens is 3. The predicted octanol–water partition coefficient (Wildman–Crippen LogP) is 3.50. The van der Waals surface area contributed by atoms with Gasteiger partial charge in [-0.2, -0.15) is 28.5 Å². The van der Waals surface area contributed by atoms with Gasteiger partial charge < -0.3 is 15.5 Å². The highest BCUT2D eigenvalue weighted by molar-refractivity contribution is 5.74. The largest absolute Gasteiger partial charge is 0.507 e. The number of aromatic hydroxyl groups is 1. The fourth-order valence-electron chi connectivity index (χ4n) is 3.50. The molecule has 5 rings (SSSR count). The Kier molecular flexibility index (Phi) is 6.39. The molecule has 0 atom stereocenters. The molecule has 35 heavy (non-hydrogen) atoms. The number of hydrogen-bond acceptors (Lipinski definition) is 7. The minimum atomic E-state index is -5.08. The van der Waals surface area contributed by atoms with Gasteiger partial charge >= 0.3 is 12.1 Å². The van der Waals surface area contributed by atoms with Crippen LogP contribution >= 0.6 is 0 Å². The van der Waals surface area contributed by atoms with E-state index in [2.05, 4.69) is 25.6 Å². The number of nitrogens with one attached hydrogen (secondary N) is 1. The zero-order chi connectivity index (χ0) is 25.3. The molecule has 0 unspecified atom stereocenters. The number of fused-ring (bicyclic) bond motifs is 1. The van der Waals surface area contributed by atoms with Gasteiger partial charge in [0.15, 0.2) is 5.65 Å². The summed E-state index contributed by atoms with van der Waals surface area (Å²) in [5.41, 5.74) is 6.72. The number of aromatic nitrogens is 5. The van der Waals surface area contributed by atoms with Crippen molar-refractivity contribution in [1.82, 2.24) is 30.1 Å². The Labute approximate surface area is 197 Å². The quantitative estimate of drug-likeness (QED) is 0.402. The SMILES string of the molecule is Cc1cn2nc(-c3ccc(-c4ccc(C5CNC5)nn4)c(O)c3)cc(C)c2n1.O=C(O)C(F)(F)F. The van der Waals surface area contributed by atoms with Gasteiger partial charge in [0.1, 0.15) is 5.75 Å². The number of carboxylic acids is 1. The number of aliphatic carboxylic acids is 1. The molecule has 9 nitrogen and oxygen atoms in total. The van der Waals surface area contributed by atoms with Crippen molar-refractivity contribution >= 4 is 11.6 Å². The highest BCUT2D eigenvalue weighted by atomic mass is 19.4. The summed E-state index contributed by atoms with van der Waals surface area (Å²) in [6.45, 7) is 5.85. The molecule has 0 amide bonds. The number of alkyl halides is 3. The summed E-state index contributed by atoms with van der Waals surface area (Å²) in [4.78, 5) is 13.4. The zero-order valence-electron chi connectivity index (χ0n) is 18.7. The van der Waals surface area contributed by atoms with Gasteiger partial charge in [-0.05, 0) is 49.7 Å². The number of carboxylic acid groups (broad SMARTS) is 1. The van der Waals surface area contributed by atoms with Crippen LogP contribution in [-0.2, 0) is 4.79 Å². The first-order chi connectivity index (χ1) is 16.5. The van der Waals surface area contributed by atoms with E-state index in [4.69, 9.17) is 9.90 Å². The van der Waals surface area contributed by atoms with Crippen molar-refractivity contribution < 1.29 is 28.2 Å². The molecule has 0 radical (unpaired) electrons. The summed E-state index contributed by atoms with van der Waals surface area (Å²) in [5, 5.41) is 34.2. The number of hydrogen-bond donors (Lipinski definition) is 3. The summed E-state index contributed by atoms with van der Waals surface area (Å²) >= 11 is 0. The monoisotopic (exact) mass is 486 g/mol. The topological polar surface area (TPSA) is 126 Å². The van der Waals surface area contributed by atoms with Crippen LogP contribution in [0.3, 0.4) is 0 Å². The van der Waals surface area contributed by atoms with E-state index in [9.17, 15) is 18.3 Å². The van der Waals surface area contributed by atoms with Gasteiger partial charge in [-0.15, -0.1) is 0 Å². The van der Waals surface area contributed by atoms with E-state index in [1.807, 2.05) is 50.4 Å². The second-order valence-electron chi connectivity index (χ2n) is 8.10. The molecule has 1 aliphatic rings.